The molecule has 1 fully saturated rings. The van der Waals surface area contributed by atoms with Crippen LogP contribution in [-0.2, 0) is 9.53 Å². The van der Waals surface area contributed by atoms with Crippen molar-refractivity contribution in [3.63, 3.8) is 0 Å². The van der Waals surface area contributed by atoms with Gasteiger partial charge in [-0.3, -0.25) is 9.69 Å². The highest BCUT2D eigenvalue weighted by Gasteiger charge is 2.29. The molecular formula is C14H14N2O3. The molecule has 5 nitrogen and oxygen atoms in total. The lowest BCUT2D eigenvalue weighted by Gasteiger charge is -2.17. The van der Waals surface area contributed by atoms with Crippen molar-refractivity contribution in [2.75, 3.05) is 18.6 Å². The fourth-order valence-corrected chi connectivity index (χ4v) is 2.52. The highest BCUT2D eigenvalue weighted by molar-refractivity contribution is 6.04. The zero-order chi connectivity index (χ0) is 13.4. The standard InChI is InChI=1S/C14H14N2O3/c1-19-14(18)11-9-10-5-2-3-7-15(10)13(11)16-8-4-6-12(16)17/h2-3,5,7,9H,4,6,8H2,1H3. The van der Waals surface area contributed by atoms with Gasteiger partial charge in [0.15, 0.2) is 0 Å². The molecule has 1 aliphatic heterocycles. The monoisotopic (exact) mass is 258 g/mol. The minimum Gasteiger partial charge on any atom is -0.465 e. The molecule has 0 N–H and O–H groups in total. The summed E-state index contributed by atoms with van der Waals surface area (Å²) in [4.78, 5) is 25.5. The van der Waals surface area contributed by atoms with E-state index in [1.807, 2.05) is 28.8 Å². The van der Waals surface area contributed by atoms with Crippen molar-refractivity contribution in [3.8, 4) is 0 Å². The lowest BCUT2D eigenvalue weighted by Crippen LogP contribution is -2.27. The Morgan fingerprint density at radius 3 is 2.89 bits per heavy atom. The molecule has 0 spiro atoms. The second kappa shape index (κ2) is 4.42. The number of esters is 1. The lowest BCUT2D eigenvalue weighted by atomic mass is 10.3. The second-order valence-electron chi connectivity index (χ2n) is 4.52. The average Bonchev–Trinajstić information content (AvgIpc) is 3.00. The fraction of sp³-hybridized carbons (Fsp3) is 0.286. The zero-order valence-electron chi connectivity index (χ0n) is 10.6. The summed E-state index contributed by atoms with van der Waals surface area (Å²) in [7, 11) is 1.35. The number of nitrogens with zero attached hydrogens (tertiary/aromatic N) is 2. The van der Waals surface area contributed by atoms with E-state index >= 15 is 0 Å². The van der Waals surface area contributed by atoms with Crippen LogP contribution >= 0.6 is 0 Å². The molecule has 0 bridgehead atoms. The van der Waals surface area contributed by atoms with E-state index in [1.165, 1.54) is 7.11 Å². The van der Waals surface area contributed by atoms with Crippen LogP contribution in [0.15, 0.2) is 30.5 Å². The number of methoxy groups -OCH3 is 1. The van der Waals surface area contributed by atoms with Gasteiger partial charge in [0.05, 0.1) is 7.11 Å². The largest absolute Gasteiger partial charge is 0.465 e. The first-order chi connectivity index (χ1) is 9.22. The van der Waals surface area contributed by atoms with E-state index in [9.17, 15) is 9.59 Å². The second-order valence-corrected chi connectivity index (χ2v) is 4.52. The van der Waals surface area contributed by atoms with Crippen LogP contribution in [0.1, 0.15) is 23.2 Å². The van der Waals surface area contributed by atoms with E-state index in [0.29, 0.717) is 24.3 Å². The summed E-state index contributed by atoms with van der Waals surface area (Å²) in [6.07, 6.45) is 3.20. The Morgan fingerprint density at radius 2 is 2.21 bits per heavy atom. The molecule has 2 aromatic rings. The SMILES string of the molecule is COC(=O)c1cc2ccccn2c1N1CCCC1=O. The van der Waals surface area contributed by atoms with E-state index in [1.54, 1.807) is 11.0 Å². The number of hydrogen-bond donors (Lipinski definition) is 0. The highest BCUT2D eigenvalue weighted by Crippen LogP contribution is 2.29. The first-order valence-electron chi connectivity index (χ1n) is 6.21. The van der Waals surface area contributed by atoms with Crippen molar-refractivity contribution < 1.29 is 14.3 Å². The number of anilines is 1. The average molecular weight is 258 g/mol. The summed E-state index contributed by atoms with van der Waals surface area (Å²) in [6, 6.07) is 7.42. The Labute approximate surface area is 110 Å². The Morgan fingerprint density at radius 1 is 1.37 bits per heavy atom. The van der Waals surface area contributed by atoms with Crippen LogP contribution in [0.4, 0.5) is 5.82 Å². The molecular weight excluding hydrogens is 244 g/mol. The Kier molecular flexibility index (Phi) is 2.74. The van der Waals surface area contributed by atoms with Gasteiger partial charge in [-0.25, -0.2) is 4.79 Å². The predicted octanol–water partition coefficient (Wildman–Crippen LogP) is 1.85. The topological polar surface area (TPSA) is 51.0 Å². The summed E-state index contributed by atoms with van der Waals surface area (Å²) in [6.45, 7) is 0.643. The van der Waals surface area contributed by atoms with Crippen LogP contribution in [0.5, 0.6) is 0 Å². The van der Waals surface area contributed by atoms with E-state index in [4.69, 9.17) is 4.74 Å². The van der Waals surface area contributed by atoms with Crippen LogP contribution in [0.3, 0.4) is 0 Å². The zero-order valence-corrected chi connectivity index (χ0v) is 10.6. The fourth-order valence-electron chi connectivity index (χ4n) is 2.52. The summed E-state index contributed by atoms with van der Waals surface area (Å²) < 4.78 is 6.67. The van der Waals surface area contributed by atoms with Gasteiger partial charge in [0.25, 0.3) is 0 Å². The van der Waals surface area contributed by atoms with Crippen molar-refractivity contribution in [1.29, 1.82) is 0 Å². The molecule has 98 valence electrons. The van der Waals surface area contributed by atoms with Gasteiger partial charge in [0.2, 0.25) is 5.91 Å². The molecule has 0 aliphatic carbocycles. The molecule has 3 heterocycles. The summed E-state index contributed by atoms with van der Waals surface area (Å²) in [5.41, 5.74) is 1.31. The number of amides is 1. The normalized spacial score (nSPS) is 15.2. The summed E-state index contributed by atoms with van der Waals surface area (Å²) in [5, 5.41) is 0. The number of pyridine rings is 1. The molecule has 0 aromatic carbocycles. The molecule has 1 saturated heterocycles. The third-order valence-corrected chi connectivity index (χ3v) is 3.39. The quantitative estimate of drug-likeness (QED) is 0.772. The van der Waals surface area contributed by atoms with Crippen molar-refractivity contribution in [1.82, 2.24) is 4.40 Å². The molecule has 1 aliphatic rings. The summed E-state index contributed by atoms with van der Waals surface area (Å²) >= 11 is 0. The molecule has 19 heavy (non-hydrogen) atoms. The molecule has 0 atom stereocenters. The molecule has 0 radical (unpaired) electrons. The Balaban J connectivity index is 2.24. The smallest absolute Gasteiger partial charge is 0.341 e. The van der Waals surface area contributed by atoms with Gasteiger partial charge in [-0.1, -0.05) is 6.07 Å². The molecule has 2 aromatic heterocycles. The van der Waals surface area contributed by atoms with Gasteiger partial charge in [-0.05, 0) is 24.6 Å². The molecule has 0 saturated carbocycles. The number of carbonyl (C=O) groups is 2. The van der Waals surface area contributed by atoms with Gasteiger partial charge in [0.1, 0.15) is 11.4 Å². The van der Waals surface area contributed by atoms with E-state index in [2.05, 4.69) is 0 Å². The minimum absolute atomic E-state index is 0.0500. The maximum atomic E-state index is 11.9. The third-order valence-electron chi connectivity index (χ3n) is 3.39. The van der Waals surface area contributed by atoms with E-state index in [0.717, 1.165) is 11.9 Å². The van der Waals surface area contributed by atoms with Crippen molar-refractivity contribution in [2.45, 2.75) is 12.8 Å². The molecule has 5 heteroatoms. The molecule has 1 amide bonds. The van der Waals surface area contributed by atoms with Gasteiger partial charge < -0.3 is 9.14 Å². The number of aromatic nitrogens is 1. The van der Waals surface area contributed by atoms with Crippen LogP contribution in [0, 0.1) is 0 Å². The first kappa shape index (κ1) is 11.8. The maximum Gasteiger partial charge on any atom is 0.341 e. The van der Waals surface area contributed by atoms with Crippen LogP contribution < -0.4 is 4.90 Å². The van der Waals surface area contributed by atoms with Gasteiger partial charge in [0, 0.05) is 24.7 Å². The number of fused-ring (bicyclic) bond motifs is 1. The van der Waals surface area contributed by atoms with Crippen molar-refractivity contribution in [2.24, 2.45) is 0 Å². The Bertz CT molecular complexity index is 660. The third kappa shape index (κ3) is 1.78. The first-order valence-corrected chi connectivity index (χ1v) is 6.21. The van der Waals surface area contributed by atoms with Gasteiger partial charge in [-0.15, -0.1) is 0 Å². The van der Waals surface area contributed by atoms with E-state index < -0.39 is 5.97 Å². The number of hydrogen-bond acceptors (Lipinski definition) is 3. The maximum absolute atomic E-state index is 11.9. The predicted molar refractivity (Wildman–Crippen MR) is 70.3 cm³/mol. The van der Waals surface area contributed by atoms with Crippen molar-refractivity contribution >= 4 is 23.2 Å². The van der Waals surface area contributed by atoms with Gasteiger partial charge >= 0.3 is 5.97 Å². The molecule has 0 unspecified atom stereocenters. The lowest BCUT2D eigenvalue weighted by molar-refractivity contribution is -0.117. The van der Waals surface area contributed by atoms with Crippen LogP contribution in [-0.4, -0.2) is 29.9 Å². The van der Waals surface area contributed by atoms with Crippen LogP contribution in [0.2, 0.25) is 0 Å². The number of ether oxygens (including phenoxy) is 1. The number of carbonyl (C=O) groups excluding carboxylic acids is 2. The van der Waals surface area contributed by atoms with Crippen molar-refractivity contribution in [3.05, 3.63) is 36.0 Å². The minimum atomic E-state index is -0.418. The highest BCUT2D eigenvalue weighted by atomic mass is 16.5. The Hall–Kier alpha value is -2.30. The van der Waals surface area contributed by atoms with Gasteiger partial charge in [-0.2, -0.15) is 0 Å². The number of rotatable bonds is 2. The molecule has 3 rings (SSSR count). The van der Waals surface area contributed by atoms with E-state index in [-0.39, 0.29) is 5.91 Å². The summed E-state index contributed by atoms with van der Waals surface area (Å²) in [5.74, 6) is 0.248. The van der Waals surface area contributed by atoms with Crippen LogP contribution in [0.25, 0.3) is 5.52 Å².